The fourth-order valence-electron chi connectivity index (χ4n) is 1.01. The second-order valence-electron chi connectivity index (χ2n) is 2.73. The number of benzene rings is 1. The lowest BCUT2D eigenvalue weighted by atomic mass is 10.2. The monoisotopic (exact) mass is 252 g/mol. The minimum absolute atomic E-state index is 0.552. The first kappa shape index (κ1) is 11.1. The van der Waals surface area contributed by atoms with E-state index in [1.165, 1.54) is 5.56 Å². The van der Waals surface area contributed by atoms with Crippen molar-refractivity contribution in [3.8, 4) is 5.75 Å². The Morgan fingerprint density at radius 3 is 2.57 bits per heavy atom. The largest absolute Gasteiger partial charge is 0.490 e. The molecule has 2 heteroatoms. The molecule has 0 bridgehead atoms. The Labute approximate surface area is 93.2 Å². The normalized spacial score (nSPS) is 10.4. The summed E-state index contributed by atoms with van der Waals surface area (Å²) in [6.07, 6.45) is 5.85. The van der Waals surface area contributed by atoms with Gasteiger partial charge in [0, 0.05) is 5.33 Å². The predicted molar refractivity (Wildman–Crippen MR) is 65.0 cm³/mol. The summed E-state index contributed by atoms with van der Waals surface area (Å²) >= 11 is 3.33. The minimum atomic E-state index is 0.552. The first-order chi connectivity index (χ1) is 6.86. The summed E-state index contributed by atoms with van der Waals surface area (Å²) in [4.78, 5) is 0. The molecule has 14 heavy (non-hydrogen) atoms. The van der Waals surface area contributed by atoms with Crippen molar-refractivity contribution in [2.45, 2.75) is 0 Å². The number of hydrogen-bond acceptors (Lipinski definition) is 1. The lowest BCUT2D eigenvalue weighted by Crippen LogP contribution is -1.91. The molecule has 0 saturated heterocycles. The zero-order valence-corrected chi connectivity index (χ0v) is 9.53. The van der Waals surface area contributed by atoms with E-state index in [2.05, 4.69) is 34.7 Å². The molecule has 1 nitrogen and oxygen atoms in total. The van der Waals surface area contributed by atoms with Crippen LogP contribution in [0.5, 0.6) is 5.75 Å². The van der Waals surface area contributed by atoms with Crippen LogP contribution in [0, 0.1) is 0 Å². The number of alkyl halides is 1. The van der Waals surface area contributed by atoms with Crippen molar-refractivity contribution < 1.29 is 4.74 Å². The zero-order chi connectivity index (χ0) is 10.2. The number of allylic oxidation sites excluding steroid dienone is 1. The Balaban J connectivity index is 2.58. The first-order valence-corrected chi connectivity index (χ1v) is 5.55. The van der Waals surface area contributed by atoms with E-state index in [0.29, 0.717) is 6.61 Å². The van der Waals surface area contributed by atoms with Gasteiger partial charge in [0.15, 0.2) is 0 Å². The van der Waals surface area contributed by atoms with E-state index in [9.17, 15) is 0 Å². The zero-order valence-electron chi connectivity index (χ0n) is 7.95. The van der Waals surface area contributed by atoms with Gasteiger partial charge in [-0.05, 0) is 17.7 Å². The van der Waals surface area contributed by atoms with Crippen LogP contribution in [0.25, 0.3) is 6.08 Å². The maximum Gasteiger partial charge on any atom is 0.119 e. The van der Waals surface area contributed by atoms with E-state index in [-0.39, 0.29) is 0 Å². The summed E-state index contributed by atoms with van der Waals surface area (Å²) in [5, 5.41) is 0.877. The summed E-state index contributed by atoms with van der Waals surface area (Å²) < 4.78 is 5.36. The third kappa shape index (κ3) is 3.79. The van der Waals surface area contributed by atoms with E-state index in [1.807, 2.05) is 24.3 Å². The molecule has 1 aromatic rings. The van der Waals surface area contributed by atoms with Gasteiger partial charge in [-0.15, -0.1) is 0 Å². The third-order valence-corrected chi connectivity index (χ3v) is 2.02. The van der Waals surface area contributed by atoms with Crippen molar-refractivity contribution in [2.75, 3.05) is 11.9 Å². The molecule has 1 aromatic carbocycles. The molecule has 0 aliphatic rings. The van der Waals surface area contributed by atoms with Crippen LogP contribution < -0.4 is 4.74 Å². The lowest BCUT2D eigenvalue weighted by Gasteiger charge is -2.02. The summed E-state index contributed by atoms with van der Waals surface area (Å²) in [6.45, 7) is 4.14. The molecular weight excluding hydrogens is 240 g/mol. The molecule has 0 aliphatic carbocycles. The number of hydrogen-bond donors (Lipinski definition) is 0. The van der Waals surface area contributed by atoms with Crippen molar-refractivity contribution in [3.05, 3.63) is 48.6 Å². The summed E-state index contributed by atoms with van der Waals surface area (Å²) in [6, 6.07) is 7.96. The van der Waals surface area contributed by atoms with Crippen LogP contribution in [0.1, 0.15) is 5.56 Å². The van der Waals surface area contributed by atoms with Gasteiger partial charge in [-0.3, -0.25) is 0 Å². The van der Waals surface area contributed by atoms with E-state index in [1.54, 1.807) is 6.08 Å². The van der Waals surface area contributed by atoms with E-state index in [0.717, 1.165) is 11.1 Å². The average Bonchev–Trinajstić information content (AvgIpc) is 2.25. The summed E-state index contributed by atoms with van der Waals surface area (Å²) in [7, 11) is 0. The molecule has 0 atom stereocenters. The molecule has 0 heterocycles. The molecule has 0 amide bonds. The molecular formula is C12H13BrO. The number of ether oxygens (including phenoxy) is 1. The Morgan fingerprint density at radius 1 is 1.29 bits per heavy atom. The Kier molecular flexibility index (Phi) is 5.08. The highest BCUT2D eigenvalue weighted by molar-refractivity contribution is 9.09. The number of rotatable bonds is 5. The topological polar surface area (TPSA) is 9.23 Å². The van der Waals surface area contributed by atoms with Gasteiger partial charge in [-0.2, -0.15) is 0 Å². The average molecular weight is 253 g/mol. The summed E-state index contributed by atoms with van der Waals surface area (Å²) in [5.74, 6) is 0.876. The predicted octanol–water partition coefficient (Wildman–Crippen LogP) is 3.66. The lowest BCUT2D eigenvalue weighted by molar-refractivity contribution is 0.363. The van der Waals surface area contributed by atoms with Crippen molar-refractivity contribution in [1.82, 2.24) is 0 Å². The van der Waals surface area contributed by atoms with Crippen LogP contribution in [0.15, 0.2) is 43.0 Å². The Hall–Kier alpha value is -1.02. The van der Waals surface area contributed by atoms with Crippen LogP contribution in [-0.4, -0.2) is 11.9 Å². The van der Waals surface area contributed by atoms with Gasteiger partial charge in [-0.25, -0.2) is 0 Å². The van der Waals surface area contributed by atoms with Crippen LogP contribution in [0.2, 0.25) is 0 Å². The van der Waals surface area contributed by atoms with Crippen LogP contribution in [0.3, 0.4) is 0 Å². The summed E-state index contributed by atoms with van der Waals surface area (Å²) in [5.41, 5.74) is 1.18. The third-order valence-electron chi connectivity index (χ3n) is 1.65. The van der Waals surface area contributed by atoms with Crippen molar-refractivity contribution in [1.29, 1.82) is 0 Å². The second kappa shape index (κ2) is 6.44. The highest BCUT2D eigenvalue weighted by Crippen LogP contribution is 2.13. The van der Waals surface area contributed by atoms with Crippen LogP contribution in [-0.2, 0) is 0 Å². The molecule has 74 valence electrons. The molecule has 0 aromatic heterocycles. The maximum absolute atomic E-state index is 5.36. The highest BCUT2D eigenvalue weighted by atomic mass is 79.9. The van der Waals surface area contributed by atoms with Crippen LogP contribution >= 0.6 is 15.9 Å². The second-order valence-corrected chi connectivity index (χ2v) is 3.37. The van der Waals surface area contributed by atoms with Crippen molar-refractivity contribution >= 4 is 22.0 Å². The van der Waals surface area contributed by atoms with E-state index < -0.39 is 0 Å². The Morgan fingerprint density at radius 2 is 2.00 bits per heavy atom. The fourth-order valence-corrected chi connectivity index (χ4v) is 1.20. The van der Waals surface area contributed by atoms with Gasteiger partial charge in [0.25, 0.3) is 0 Å². The maximum atomic E-state index is 5.36. The van der Waals surface area contributed by atoms with Gasteiger partial charge in [0.05, 0.1) is 0 Å². The molecule has 1 rings (SSSR count). The minimum Gasteiger partial charge on any atom is -0.490 e. The smallest absolute Gasteiger partial charge is 0.119 e. The number of halogens is 1. The molecule has 0 fully saturated rings. The molecule has 0 saturated carbocycles. The molecule has 0 N–H and O–H groups in total. The van der Waals surface area contributed by atoms with E-state index in [4.69, 9.17) is 4.74 Å². The quantitative estimate of drug-likeness (QED) is 0.574. The van der Waals surface area contributed by atoms with Gasteiger partial charge in [-0.1, -0.05) is 52.9 Å². The van der Waals surface area contributed by atoms with Crippen LogP contribution in [0.4, 0.5) is 0 Å². The first-order valence-electron chi connectivity index (χ1n) is 4.43. The van der Waals surface area contributed by atoms with Gasteiger partial charge >= 0.3 is 0 Å². The van der Waals surface area contributed by atoms with E-state index >= 15 is 0 Å². The SMILES string of the molecule is C=CCOc1ccc(C=CCBr)cc1. The molecule has 0 radical (unpaired) electrons. The van der Waals surface area contributed by atoms with Gasteiger partial charge in [0.1, 0.15) is 12.4 Å². The molecule has 0 aliphatic heterocycles. The Bertz CT molecular complexity index is 301. The van der Waals surface area contributed by atoms with Gasteiger partial charge in [0.2, 0.25) is 0 Å². The van der Waals surface area contributed by atoms with Gasteiger partial charge < -0.3 is 4.74 Å². The van der Waals surface area contributed by atoms with Crippen molar-refractivity contribution in [2.24, 2.45) is 0 Å². The van der Waals surface area contributed by atoms with Crippen molar-refractivity contribution in [3.63, 3.8) is 0 Å². The highest BCUT2D eigenvalue weighted by Gasteiger charge is 1.90. The standard InChI is InChI=1S/C12H13BrO/c1-2-10-14-12-7-5-11(6-8-12)4-3-9-13/h2-8H,1,9-10H2. The fraction of sp³-hybridized carbons (Fsp3) is 0.167. The molecule has 0 spiro atoms. The molecule has 0 unspecified atom stereocenters.